The Morgan fingerprint density at radius 1 is 0.692 bits per heavy atom. The van der Waals surface area contributed by atoms with Gasteiger partial charge >= 0.3 is 0 Å². The van der Waals surface area contributed by atoms with Gasteiger partial charge < -0.3 is 9.47 Å². The van der Waals surface area contributed by atoms with Gasteiger partial charge in [0.1, 0.15) is 12.4 Å². The van der Waals surface area contributed by atoms with Gasteiger partial charge in [-0.15, -0.1) is 0 Å². The van der Waals surface area contributed by atoms with Crippen LogP contribution in [0.1, 0.15) is 98.3 Å². The first-order valence-electron chi connectivity index (χ1n) is 10.6. The van der Waals surface area contributed by atoms with Crippen molar-refractivity contribution in [3.8, 4) is 0 Å². The van der Waals surface area contributed by atoms with Gasteiger partial charge in [-0.1, -0.05) is 72.6 Å². The van der Waals surface area contributed by atoms with Gasteiger partial charge in [0.25, 0.3) is 0 Å². The standard InChI is InChI=1S/C22H42O4/c1-5-6-7-8-9-10-11-12-14-20(23)15-13-16-25-17-18-26-19-21(24)22(2,3)4/h5-19H2,1-4H3. The molecule has 0 saturated heterocycles. The van der Waals surface area contributed by atoms with E-state index in [-0.39, 0.29) is 17.8 Å². The second-order valence-electron chi connectivity index (χ2n) is 8.21. The minimum Gasteiger partial charge on any atom is -0.379 e. The molecule has 0 bridgehead atoms. The average molecular weight is 371 g/mol. The van der Waals surface area contributed by atoms with Crippen molar-refractivity contribution in [3.63, 3.8) is 0 Å². The van der Waals surface area contributed by atoms with Crippen molar-refractivity contribution in [3.05, 3.63) is 0 Å². The molecule has 0 fully saturated rings. The van der Waals surface area contributed by atoms with E-state index in [2.05, 4.69) is 6.92 Å². The van der Waals surface area contributed by atoms with Crippen LogP contribution in [0.5, 0.6) is 0 Å². The van der Waals surface area contributed by atoms with E-state index in [1.165, 1.54) is 44.9 Å². The van der Waals surface area contributed by atoms with Gasteiger partial charge in [-0.2, -0.15) is 0 Å². The third-order valence-corrected chi connectivity index (χ3v) is 4.50. The second-order valence-corrected chi connectivity index (χ2v) is 8.21. The molecule has 0 atom stereocenters. The maximum absolute atomic E-state index is 11.8. The third-order valence-electron chi connectivity index (χ3n) is 4.50. The van der Waals surface area contributed by atoms with Crippen LogP contribution < -0.4 is 0 Å². The molecule has 4 nitrogen and oxygen atoms in total. The smallest absolute Gasteiger partial charge is 0.163 e. The zero-order valence-corrected chi connectivity index (χ0v) is 17.7. The fourth-order valence-corrected chi connectivity index (χ4v) is 2.55. The highest BCUT2D eigenvalue weighted by atomic mass is 16.5. The van der Waals surface area contributed by atoms with Crippen molar-refractivity contribution >= 4 is 11.6 Å². The molecule has 0 aromatic rings. The van der Waals surface area contributed by atoms with Crippen LogP contribution in [0.15, 0.2) is 0 Å². The Hall–Kier alpha value is -0.740. The number of hydrogen-bond acceptors (Lipinski definition) is 4. The van der Waals surface area contributed by atoms with Crippen LogP contribution in [0.2, 0.25) is 0 Å². The predicted molar refractivity (Wildman–Crippen MR) is 108 cm³/mol. The second kappa shape index (κ2) is 16.4. The van der Waals surface area contributed by atoms with E-state index in [0.717, 1.165) is 12.8 Å². The first-order valence-corrected chi connectivity index (χ1v) is 10.6. The zero-order chi connectivity index (χ0) is 19.7. The Morgan fingerprint density at radius 2 is 1.23 bits per heavy atom. The van der Waals surface area contributed by atoms with Gasteiger partial charge in [0.2, 0.25) is 0 Å². The van der Waals surface area contributed by atoms with Crippen molar-refractivity contribution in [1.29, 1.82) is 0 Å². The number of Topliss-reactive ketones (excluding diaryl/α,β-unsaturated/α-hetero) is 2. The number of ether oxygens (including phenoxy) is 2. The lowest BCUT2D eigenvalue weighted by Gasteiger charge is -2.16. The van der Waals surface area contributed by atoms with Crippen LogP contribution in [-0.4, -0.2) is 38.0 Å². The van der Waals surface area contributed by atoms with E-state index in [1.54, 1.807) is 0 Å². The van der Waals surface area contributed by atoms with Gasteiger partial charge in [0.15, 0.2) is 5.78 Å². The lowest BCUT2D eigenvalue weighted by atomic mass is 9.91. The summed E-state index contributed by atoms with van der Waals surface area (Å²) in [5.41, 5.74) is -0.351. The van der Waals surface area contributed by atoms with Crippen molar-refractivity contribution in [2.45, 2.75) is 98.3 Å². The monoisotopic (exact) mass is 370 g/mol. The number of rotatable bonds is 18. The van der Waals surface area contributed by atoms with Gasteiger partial charge in [-0.3, -0.25) is 9.59 Å². The molecule has 4 heteroatoms. The Kier molecular flexibility index (Phi) is 16.0. The van der Waals surface area contributed by atoms with E-state index in [0.29, 0.717) is 38.4 Å². The van der Waals surface area contributed by atoms with Gasteiger partial charge in [0.05, 0.1) is 13.2 Å². The van der Waals surface area contributed by atoms with Crippen LogP contribution >= 0.6 is 0 Å². The van der Waals surface area contributed by atoms with Crippen LogP contribution in [-0.2, 0) is 19.1 Å². The number of hydrogen-bond donors (Lipinski definition) is 0. The number of carbonyl (C=O) groups is 2. The molecule has 154 valence electrons. The van der Waals surface area contributed by atoms with Gasteiger partial charge in [0, 0.05) is 24.9 Å². The summed E-state index contributed by atoms with van der Waals surface area (Å²) in [5.74, 6) is 0.454. The largest absolute Gasteiger partial charge is 0.379 e. The van der Waals surface area contributed by atoms with Gasteiger partial charge in [-0.05, 0) is 12.8 Å². The number of ketones is 2. The summed E-state index contributed by atoms with van der Waals surface area (Å²) in [4.78, 5) is 23.5. The predicted octanol–water partition coefficient (Wildman–Crippen LogP) is 5.51. The lowest BCUT2D eigenvalue weighted by molar-refractivity contribution is -0.131. The molecule has 0 aliphatic heterocycles. The Bertz CT molecular complexity index is 358. The Labute approximate surface area is 161 Å². The number of unbranched alkanes of at least 4 members (excludes halogenated alkanes) is 7. The average Bonchev–Trinajstić information content (AvgIpc) is 2.58. The lowest BCUT2D eigenvalue weighted by Crippen LogP contribution is -2.25. The van der Waals surface area contributed by atoms with Crippen molar-refractivity contribution in [2.75, 3.05) is 26.4 Å². The minimum absolute atomic E-state index is 0.101. The molecule has 0 N–H and O–H groups in total. The molecule has 0 aromatic heterocycles. The fourth-order valence-electron chi connectivity index (χ4n) is 2.55. The van der Waals surface area contributed by atoms with E-state index in [9.17, 15) is 9.59 Å². The molecule has 0 amide bonds. The molecule has 0 aliphatic rings. The summed E-state index contributed by atoms with van der Waals surface area (Å²) in [5, 5.41) is 0. The highest BCUT2D eigenvalue weighted by molar-refractivity contribution is 5.84. The molecule has 0 heterocycles. The van der Waals surface area contributed by atoms with Crippen LogP contribution in [0.25, 0.3) is 0 Å². The topological polar surface area (TPSA) is 52.6 Å². The van der Waals surface area contributed by atoms with Crippen molar-refractivity contribution in [2.24, 2.45) is 5.41 Å². The first-order chi connectivity index (χ1) is 12.4. The summed E-state index contributed by atoms with van der Waals surface area (Å²) in [7, 11) is 0. The van der Waals surface area contributed by atoms with E-state index in [4.69, 9.17) is 9.47 Å². The highest BCUT2D eigenvalue weighted by Crippen LogP contribution is 2.14. The van der Waals surface area contributed by atoms with Crippen LogP contribution in [0.4, 0.5) is 0 Å². The molecule has 0 radical (unpaired) electrons. The van der Waals surface area contributed by atoms with E-state index in [1.807, 2.05) is 20.8 Å². The van der Waals surface area contributed by atoms with E-state index < -0.39 is 0 Å². The maximum Gasteiger partial charge on any atom is 0.163 e. The summed E-state index contributed by atoms with van der Waals surface area (Å²) >= 11 is 0. The SMILES string of the molecule is CCCCCCCCCCC(=O)CCCOCCOCC(=O)C(C)(C)C. The molecule has 0 aliphatic carbocycles. The summed E-state index contributed by atoms with van der Waals surface area (Å²) in [6.07, 6.45) is 12.2. The van der Waals surface area contributed by atoms with Crippen molar-refractivity contribution in [1.82, 2.24) is 0 Å². The summed E-state index contributed by atoms with van der Waals surface area (Å²) in [6.45, 7) is 9.53. The maximum atomic E-state index is 11.8. The Morgan fingerprint density at radius 3 is 1.85 bits per heavy atom. The quantitative estimate of drug-likeness (QED) is 0.298. The van der Waals surface area contributed by atoms with Crippen LogP contribution in [0, 0.1) is 5.41 Å². The molecule has 0 aromatic carbocycles. The third kappa shape index (κ3) is 16.7. The molecule has 0 spiro atoms. The zero-order valence-electron chi connectivity index (χ0n) is 17.7. The molecule has 0 rings (SSSR count). The number of carbonyl (C=O) groups excluding carboxylic acids is 2. The molecular formula is C22H42O4. The molecular weight excluding hydrogens is 328 g/mol. The highest BCUT2D eigenvalue weighted by Gasteiger charge is 2.20. The molecule has 0 saturated carbocycles. The minimum atomic E-state index is -0.351. The normalized spacial score (nSPS) is 11.7. The van der Waals surface area contributed by atoms with E-state index >= 15 is 0 Å². The Balaban J connectivity index is 3.30. The molecule has 26 heavy (non-hydrogen) atoms. The fraction of sp³-hybridized carbons (Fsp3) is 0.909. The first kappa shape index (κ1) is 25.3. The van der Waals surface area contributed by atoms with Crippen LogP contribution in [0.3, 0.4) is 0 Å². The molecule has 0 unspecified atom stereocenters. The van der Waals surface area contributed by atoms with Gasteiger partial charge in [-0.25, -0.2) is 0 Å². The summed E-state index contributed by atoms with van der Waals surface area (Å²) < 4.78 is 10.8. The van der Waals surface area contributed by atoms with Crippen molar-refractivity contribution < 1.29 is 19.1 Å². The summed E-state index contributed by atoms with van der Waals surface area (Å²) in [6, 6.07) is 0.